The fourth-order valence-electron chi connectivity index (χ4n) is 0.762. The molecule has 1 nitrogen and oxygen atoms in total. The molecule has 0 bridgehead atoms. The van der Waals surface area contributed by atoms with Gasteiger partial charge in [0, 0.05) is 0 Å². The van der Waals surface area contributed by atoms with E-state index in [4.69, 9.17) is 0 Å². The number of alkyl halides is 1. The minimum atomic E-state index is -1.08. The third kappa shape index (κ3) is 2.65. The van der Waals surface area contributed by atoms with E-state index in [0.717, 1.165) is 0 Å². The van der Waals surface area contributed by atoms with E-state index >= 15 is 0 Å². The summed E-state index contributed by atoms with van der Waals surface area (Å²) in [4.78, 5) is 0. The number of rotatable bonds is 3. The van der Waals surface area contributed by atoms with Crippen LogP contribution in [0.2, 0.25) is 0 Å². The molecule has 0 aromatic rings. The second-order valence-corrected chi connectivity index (χ2v) is 3.42. The first-order chi connectivity index (χ1) is 4.46. The van der Waals surface area contributed by atoms with Crippen LogP contribution in [0.5, 0.6) is 0 Å². The zero-order valence-corrected chi connectivity index (χ0v) is 7.13. The number of aliphatic hydroxyl groups excluding tert-OH is 1. The van der Waals surface area contributed by atoms with E-state index in [2.05, 4.69) is 0 Å². The molecule has 0 aromatic heterocycles. The summed E-state index contributed by atoms with van der Waals surface area (Å²) in [5.41, 5.74) is 0. The highest BCUT2D eigenvalue weighted by atomic mass is 19.1. The Balaban J connectivity index is 3.81. The zero-order valence-electron chi connectivity index (χ0n) is 7.13. The van der Waals surface area contributed by atoms with Crippen LogP contribution in [0, 0.1) is 11.8 Å². The molecule has 2 heteroatoms. The Kier molecular flexibility index (Phi) is 3.87. The van der Waals surface area contributed by atoms with Crippen molar-refractivity contribution in [1.29, 1.82) is 0 Å². The molecular formula is C8H17FO. The van der Waals surface area contributed by atoms with E-state index in [9.17, 15) is 9.50 Å². The van der Waals surface area contributed by atoms with Crippen LogP contribution in [-0.4, -0.2) is 17.4 Å². The summed E-state index contributed by atoms with van der Waals surface area (Å²) in [5, 5.41) is 9.19. The molecule has 0 radical (unpaired) electrons. The van der Waals surface area contributed by atoms with Gasteiger partial charge in [-0.05, 0) is 11.8 Å². The summed E-state index contributed by atoms with van der Waals surface area (Å²) in [6.07, 6.45) is -1.89. The van der Waals surface area contributed by atoms with Gasteiger partial charge in [0.1, 0.15) is 6.17 Å². The number of hydrogen-bond acceptors (Lipinski definition) is 1. The summed E-state index contributed by atoms with van der Waals surface area (Å²) in [5.74, 6) is -0.0743. The zero-order chi connectivity index (χ0) is 8.31. The van der Waals surface area contributed by atoms with Crippen molar-refractivity contribution in [3.63, 3.8) is 0 Å². The Morgan fingerprint density at radius 2 is 1.40 bits per heavy atom. The standard InChI is InChI=1S/C8H17FO/c1-5(2)7(9)8(10)6(3)4/h5-8,10H,1-4H3/t7-,8+/m1/s1. The van der Waals surface area contributed by atoms with Gasteiger partial charge in [-0.3, -0.25) is 0 Å². The van der Waals surface area contributed by atoms with E-state index in [1.807, 2.05) is 13.8 Å². The van der Waals surface area contributed by atoms with Gasteiger partial charge >= 0.3 is 0 Å². The second-order valence-electron chi connectivity index (χ2n) is 3.42. The Morgan fingerprint density at radius 1 is 1.00 bits per heavy atom. The van der Waals surface area contributed by atoms with Gasteiger partial charge in [-0.15, -0.1) is 0 Å². The third-order valence-corrected chi connectivity index (χ3v) is 1.65. The molecule has 0 heterocycles. The van der Waals surface area contributed by atoms with Crippen LogP contribution in [-0.2, 0) is 0 Å². The molecule has 0 aliphatic heterocycles. The second kappa shape index (κ2) is 3.91. The van der Waals surface area contributed by atoms with E-state index in [-0.39, 0.29) is 11.8 Å². The molecule has 0 saturated carbocycles. The maximum absolute atomic E-state index is 12.9. The maximum Gasteiger partial charge on any atom is 0.128 e. The smallest absolute Gasteiger partial charge is 0.128 e. The van der Waals surface area contributed by atoms with Crippen LogP contribution in [0.3, 0.4) is 0 Å². The fourth-order valence-corrected chi connectivity index (χ4v) is 0.762. The largest absolute Gasteiger partial charge is 0.390 e. The molecule has 1 N–H and O–H groups in total. The Labute approximate surface area is 62.3 Å². The third-order valence-electron chi connectivity index (χ3n) is 1.65. The minimum absolute atomic E-state index is 0.0115. The van der Waals surface area contributed by atoms with Crippen molar-refractivity contribution in [2.45, 2.75) is 40.0 Å². The van der Waals surface area contributed by atoms with Crippen molar-refractivity contribution in [2.75, 3.05) is 0 Å². The van der Waals surface area contributed by atoms with Crippen LogP contribution in [0.1, 0.15) is 27.7 Å². The average molecular weight is 148 g/mol. The Morgan fingerprint density at radius 3 is 1.50 bits per heavy atom. The van der Waals surface area contributed by atoms with Gasteiger partial charge < -0.3 is 5.11 Å². The summed E-state index contributed by atoms with van der Waals surface area (Å²) >= 11 is 0. The SMILES string of the molecule is CC(C)[C@@H](F)[C@@H](O)C(C)C. The van der Waals surface area contributed by atoms with E-state index in [1.54, 1.807) is 13.8 Å². The monoisotopic (exact) mass is 148 g/mol. The molecule has 0 amide bonds. The molecule has 0 aliphatic rings. The molecule has 0 saturated heterocycles. The van der Waals surface area contributed by atoms with Gasteiger partial charge in [0.2, 0.25) is 0 Å². The molecule has 0 aliphatic carbocycles. The van der Waals surface area contributed by atoms with Crippen molar-refractivity contribution >= 4 is 0 Å². The minimum Gasteiger partial charge on any atom is -0.390 e. The lowest BCUT2D eigenvalue weighted by Crippen LogP contribution is -2.31. The first-order valence-corrected chi connectivity index (χ1v) is 3.79. The van der Waals surface area contributed by atoms with Gasteiger partial charge in [0.05, 0.1) is 6.10 Å². The molecule has 0 unspecified atom stereocenters. The first-order valence-electron chi connectivity index (χ1n) is 3.79. The fraction of sp³-hybridized carbons (Fsp3) is 1.00. The summed E-state index contributed by atoms with van der Waals surface area (Å²) in [6, 6.07) is 0. The topological polar surface area (TPSA) is 20.2 Å². The van der Waals surface area contributed by atoms with Gasteiger partial charge in [0.25, 0.3) is 0 Å². The highest BCUT2D eigenvalue weighted by Gasteiger charge is 2.23. The summed E-state index contributed by atoms with van der Waals surface area (Å²) < 4.78 is 12.9. The Hall–Kier alpha value is -0.110. The van der Waals surface area contributed by atoms with E-state index < -0.39 is 12.3 Å². The molecule has 0 aromatic carbocycles. The van der Waals surface area contributed by atoms with Crippen LogP contribution in [0.25, 0.3) is 0 Å². The number of hydrogen-bond donors (Lipinski definition) is 1. The summed E-state index contributed by atoms with van der Waals surface area (Å²) in [6.45, 7) is 7.19. The van der Waals surface area contributed by atoms with Crippen molar-refractivity contribution < 1.29 is 9.50 Å². The van der Waals surface area contributed by atoms with Crippen molar-refractivity contribution in [2.24, 2.45) is 11.8 Å². The molecule has 2 atom stereocenters. The number of aliphatic hydroxyl groups is 1. The van der Waals surface area contributed by atoms with Gasteiger partial charge in [-0.1, -0.05) is 27.7 Å². The molecule has 0 rings (SSSR count). The average Bonchev–Trinajstić information content (AvgIpc) is 1.84. The molecular weight excluding hydrogens is 131 g/mol. The first kappa shape index (κ1) is 9.89. The van der Waals surface area contributed by atoms with Gasteiger partial charge in [-0.25, -0.2) is 4.39 Å². The van der Waals surface area contributed by atoms with Crippen LogP contribution < -0.4 is 0 Å². The molecule has 0 fully saturated rings. The van der Waals surface area contributed by atoms with Crippen molar-refractivity contribution in [1.82, 2.24) is 0 Å². The maximum atomic E-state index is 12.9. The highest BCUT2D eigenvalue weighted by Crippen LogP contribution is 2.16. The lowest BCUT2D eigenvalue weighted by molar-refractivity contribution is 0.0188. The quantitative estimate of drug-likeness (QED) is 0.649. The molecule has 62 valence electrons. The highest BCUT2D eigenvalue weighted by molar-refractivity contribution is 4.72. The van der Waals surface area contributed by atoms with Gasteiger partial charge in [0.15, 0.2) is 0 Å². The predicted octanol–water partition coefficient (Wildman–Crippen LogP) is 2.00. The molecule has 0 spiro atoms. The lowest BCUT2D eigenvalue weighted by Gasteiger charge is -2.21. The van der Waals surface area contributed by atoms with Crippen LogP contribution >= 0.6 is 0 Å². The number of halogens is 1. The van der Waals surface area contributed by atoms with Crippen molar-refractivity contribution in [3.05, 3.63) is 0 Å². The van der Waals surface area contributed by atoms with E-state index in [0.29, 0.717) is 0 Å². The summed E-state index contributed by atoms with van der Waals surface area (Å²) in [7, 11) is 0. The predicted molar refractivity (Wildman–Crippen MR) is 40.6 cm³/mol. The molecule has 10 heavy (non-hydrogen) atoms. The van der Waals surface area contributed by atoms with Gasteiger partial charge in [-0.2, -0.15) is 0 Å². The van der Waals surface area contributed by atoms with Crippen LogP contribution in [0.15, 0.2) is 0 Å². The lowest BCUT2D eigenvalue weighted by atomic mass is 9.95. The normalized spacial score (nSPS) is 18.0. The Bertz CT molecular complexity index is 79.3. The van der Waals surface area contributed by atoms with E-state index in [1.165, 1.54) is 0 Å². The van der Waals surface area contributed by atoms with Crippen LogP contribution in [0.4, 0.5) is 4.39 Å². The van der Waals surface area contributed by atoms with Crippen molar-refractivity contribution in [3.8, 4) is 0 Å².